The third-order valence-electron chi connectivity index (χ3n) is 2.38. The number of carbonyl (C=O) groups is 1. The molecule has 1 aromatic rings. The van der Waals surface area contributed by atoms with Crippen molar-refractivity contribution in [3.05, 3.63) is 11.8 Å². The van der Waals surface area contributed by atoms with Crippen molar-refractivity contribution in [2.75, 3.05) is 18.9 Å². The highest BCUT2D eigenvalue weighted by Gasteiger charge is 2.19. The molecule has 0 bridgehead atoms. The Labute approximate surface area is 110 Å². The van der Waals surface area contributed by atoms with Gasteiger partial charge in [-0.15, -0.1) is 5.10 Å². The maximum atomic E-state index is 12.1. The predicted octanol–water partition coefficient (Wildman–Crippen LogP) is 1.13. The van der Waals surface area contributed by atoms with Crippen LogP contribution in [0.3, 0.4) is 0 Å². The Morgan fingerprint density at radius 3 is 3.06 bits per heavy atom. The summed E-state index contributed by atoms with van der Waals surface area (Å²) in [6.45, 7) is 5.76. The normalized spacial score (nSPS) is 14.4. The molecule has 98 valence electrons. The van der Waals surface area contributed by atoms with Crippen LogP contribution in [0.1, 0.15) is 24.2 Å². The van der Waals surface area contributed by atoms with Gasteiger partial charge in [0, 0.05) is 18.5 Å². The number of hydrogen-bond acceptors (Lipinski definition) is 5. The minimum absolute atomic E-state index is 0.216. The Bertz CT molecular complexity index is 470. The molecule has 0 saturated carbocycles. The van der Waals surface area contributed by atoms with Gasteiger partial charge in [0.25, 0.3) is 5.91 Å². The number of amidine groups is 1. The number of nitrogens with zero attached hydrogens (tertiary/aromatic N) is 3. The molecule has 0 aliphatic carbocycles. The number of nitrogens with one attached hydrogen (secondary N) is 1. The van der Waals surface area contributed by atoms with Crippen LogP contribution in [0.5, 0.6) is 5.88 Å². The van der Waals surface area contributed by atoms with E-state index in [0.29, 0.717) is 29.8 Å². The summed E-state index contributed by atoms with van der Waals surface area (Å²) in [5.74, 6) is 1.08. The summed E-state index contributed by atoms with van der Waals surface area (Å²) in [4.78, 5) is 16.3. The van der Waals surface area contributed by atoms with Gasteiger partial charge in [0.1, 0.15) is 5.56 Å². The number of ether oxygens (including phenoxy) is 1. The van der Waals surface area contributed by atoms with Crippen LogP contribution in [0.15, 0.2) is 11.2 Å². The van der Waals surface area contributed by atoms with Crippen LogP contribution in [-0.4, -0.2) is 39.8 Å². The van der Waals surface area contributed by atoms with E-state index < -0.39 is 0 Å². The first kappa shape index (κ1) is 12.9. The van der Waals surface area contributed by atoms with Crippen LogP contribution in [-0.2, 0) is 6.54 Å². The van der Waals surface area contributed by atoms with E-state index in [0.717, 1.165) is 12.3 Å². The van der Waals surface area contributed by atoms with Crippen LogP contribution in [0.25, 0.3) is 0 Å². The molecule has 1 amide bonds. The van der Waals surface area contributed by atoms with Crippen LogP contribution in [0.4, 0.5) is 0 Å². The standard InChI is InChI=1S/C11H16N4O2S/c1-3-15-7-8(10(14-15)17-4-2)9(16)13-11-12-5-6-18-11/h7H,3-6H2,1-2H3,(H,12,13,16). The summed E-state index contributed by atoms with van der Waals surface area (Å²) in [6, 6.07) is 0. The van der Waals surface area contributed by atoms with Gasteiger partial charge in [-0.2, -0.15) is 0 Å². The fourth-order valence-electron chi connectivity index (χ4n) is 1.54. The molecule has 18 heavy (non-hydrogen) atoms. The topological polar surface area (TPSA) is 68.5 Å². The van der Waals surface area contributed by atoms with Gasteiger partial charge >= 0.3 is 0 Å². The van der Waals surface area contributed by atoms with E-state index in [9.17, 15) is 4.79 Å². The predicted molar refractivity (Wildman–Crippen MR) is 71.3 cm³/mol. The van der Waals surface area contributed by atoms with Crippen molar-refractivity contribution in [1.29, 1.82) is 0 Å². The van der Waals surface area contributed by atoms with E-state index in [1.807, 2.05) is 13.8 Å². The largest absolute Gasteiger partial charge is 0.476 e. The number of hydrogen-bond donors (Lipinski definition) is 1. The van der Waals surface area contributed by atoms with E-state index >= 15 is 0 Å². The van der Waals surface area contributed by atoms with Crippen LogP contribution < -0.4 is 10.1 Å². The molecule has 0 radical (unpaired) electrons. The molecule has 1 aliphatic heterocycles. The molecule has 0 atom stereocenters. The first-order valence-electron chi connectivity index (χ1n) is 5.93. The highest BCUT2D eigenvalue weighted by atomic mass is 32.2. The number of aryl methyl sites for hydroxylation is 1. The number of thioether (sulfide) groups is 1. The lowest BCUT2D eigenvalue weighted by atomic mass is 10.3. The fraction of sp³-hybridized carbons (Fsp3) is 0.545. The Kier molecular flexibility index (Phi) is 4.24. The Morgan fingerprint density at radius 2 is 2.44 bits per heavy atom. The lowest BCUT2D eigenvalue weighted by Crippen LogP contribution is -2.27. The molecule has 1 aromatic heterocycles. The first-order valence-corrected chi connectivity index (χ1v) is 6.92. The van der Waals surface area contributed by atoms with Gasteiger partial charge in [-0.05, 0) is 13.8 Å². The molecule has 0 unspecified atom stereocenters. The number of rotatable bonds is 4. The minimum atomic E-state index is -0.216. The van der Waals surface area contributed by atoms with Crippen molar-refractivity contribution < 1.29 is 9.53 Å². The fourth-order valence-corrected chi connectivity index (χ4v) is 2.26. The number of aromatic nitrogens is 2. The van der Waals surface area contributed by atoms with Crippen LogP contribution >= 0.6 is 11.8 Å². The molecular formula is C11H16N4O2S. The second-order valence-corrected chi connectivity index (χ2v) is 4.71. The van der Waals surface area contributed by atoms with Gasteiger partial charge in [0.05, 0.1) is 13.2 Å². The minimum Gasteiger partial charge on any atom is -0.476 e. The van der Waals surface area contributed by atoms with E-state index in [1.165, 1.54) is 0 Å². The van der Waals surface area contributed by atoms with Gasteiger partial charge in [0.2, 0.25) is 5.88 Å². The molecule has 6 nitrogen and oxygen atoms in total. The highest BCUT2D eigenvalue weighted by Crippen LogP contribution is 2.17. The zero-order valence-electron chi connectivity index (χ0n) is 10.5. The zero-order valence-corrected chi connectivity index (χ0v) is 11.3. The summed E-state index contributed by atoms with van der Waals surface area (Å²) in [5, 5.41) is 7.65. The summed E-state index contributed by atoms with van der Waals surface area (Å²) < 4.78 is 7.05. The molecule has 7 heteroatoms. The summed E-state index contributed by atoms with van der Waals surface area (Å²) in [7, 11) is 0. The highest BCUT2D eigenvalue weighted by molar-refractivity contribution is 8.14. The van der Waals surface area contributed by atoms with E-state index in [-0.39, 0.29) is 5.91 Å². The SMILES string of the molecule is CCOc1nn(CC)cc1C(=O)NC1=NCCS1. The van der Waals surface area contributed by atoms with E-state index in [2.05, 4.69) is 15.4 Å². The summed E-state index contributed by atoms with van der Waals surface area (Å²) >= 11 is 1.55. The van der Waals surface area contributed by atoms with Gasteiger partial charge in [-0.3, -0.25) is 14.5 Å². The summed E-state index contributed by atoms with van der Waals surface area (Å²) in [5.41, 5.74) is 0.453. The average Bonchev–Trinajstić information content (AvgIpc) is 2.98. The molecule has 0 aromatic carbocycles. The van der Waals surface area contributed by atoms with Crippen molar-refractivity contribution in [3.63, 3.8) is 0 Å². The number of amides is 1. The Hall–Kier alpha value is -1.50. The average molecular weight is 268 g/mol. The van der Waals surface area contributed by atoms with E-state index in [1.54, 1.807) is 22.6 Å². The smallest absolute Gasteiger partial charge is 0.264 e. The molecular weight excluding hydrogens is 252 g/mol. The van der Waals surface area contributed by atoms with Crippen molar-refractivity contribution in [1.82, 2.24) is 15.1 Å². The molecule has 1 aliphatic rings. The van der Waals surface area contributed by atoms with E-state index in [4.69, 9.17) is 4.74 Å². The zero-order chi connectivity index (χ0) is 13.0. The van der Waals surface area contributed by atoms with Gasteiger partial charge in [0.15, 0.2) is 5.17 Å². The maximum absolute atomic E-state index is 12.1. The Morgan fingerprint density at radius 1 is 1.61 bits per heavy atom. The molecule has 0 spiro atoms. The third kappa shape index (κ3) is 2.84. The second kappa shape index (κ2) is 5.90. The van der Waals surface area contributed by atoms with Gasteiger partial charge in [-0.1, -0.05) is 11.8 Å². The number of aliphatic imine (C=N–C) groups is 1. The van der Waals surface area contributed by atoms with Gasteiger partial charge in [-0.25, -0.2) is 0 Å². The second-order valence-electron chi connectivity index (χ2n) is 3.63. The lowest BCUT2D eigenvalue weighted by Gasteiger charge is -2.04. The quantitative estimate of drug-likeness (QED) is 0.889. The lowest BCUT2D eigenvalue weighted by molar-refractivity contribution is 0.0974. The molecule has 2 heterocycles. The van der Waals surface area contributed by atoms with Crippen molar-refractivity contribution in [2.24, 2.45) is 4.99 Å². The summed E-state index contributed by atoms with van der Waals surface area (Å²) in [6.07, 6.45) is 1.69. The van der Waals surface area contributed by atoms with Crippen LogP contribution in [0.2, 0.25) is 0 Å². The van der Waals surface area contributed by atoms with Crippen molar-refractivity contribution >= 4 is 22.8 Å². The maximum Gasteiger partial charge on any atom is 0.264 e. The molecule has 0 fully saturated rings. The van der Waals surface area contributed by atoms with Crippen molar-refractivity contribution in [2.45, 2.75) is 20.4 Å². The van der Waals surface area contributed by atoms with Gasteiger partial charge < -0.3 is 10.1 Å². The van der Waals surface area contributed by atoms with Crippen molar-refractivity contribution in [3.8, 4) is 5.88 Å². The van der Waals surface area contributed by atoms with Crippen LogP contribution in [0, 0.1) is 0 Å². The first-order chi connectivity index (χ1) is 8.74. The molecule has 2 rings (SSSR count). The number of carbonyl (C=O) groups excluding carboxylic acids is 1. The molecule has 0 saturated heterocycles. The Balaban J connectivity index is 2.14. The molecule has 1 N–H and O–H groups in total. The monoisotopic (exact) mass is 268 g/mol. The third-order valence-corrected chi connectivity index (χ3v) is 3.27.